The number of hydrogen-bond acceptors (Lipinski definition) is 6. The van der Waals surface area contributed by atoms with Gasteiger partial charge in [-0.2, -0.15) is 0 Å². The summed E-state index contributed by atoms with van der Waals surface area (Å²) >= 11 is 0. The molecule has 0 aromatic heterocycles. The number of nitrogens with zero attached hydrogens (tertiary/aromatic N) is 1. The van der Waals surface area contributed by atoms with Crippen molar-refractivity contribution in [2.24, 2.45) is 0 Å². The van der Waals surface area contributed by atoms with Gasteiger partial charge >= 0.3 is 17.9 Å². The summed E-state index contributed by atoms with van der Waals surface area (Å²) in [5.74, 6) is -1.53. The summed E-state index contributed by atoms with van der Waals surface area (Å²) in [6.07, 6.45) is 54.8. The summed E-state index contributed by atoms with van der Waals surface area (Å²) in [5.41, 5.74) is 0. The van der Waals surface area contributed by atoms with Crippen LogP contribution in [-0.4, -0.2) is 80.6 Å². The molecule has 0 aliphatic rings. The quantitative estimate of drug-likeness (QED) is 0.0283. The van der Waals surface area contributed by atoms with Gasteiger partial charge in [-0.3, -0.25) is 9.59 Å². The van der Waals surface area contributed by atoms with Gasteiger partial charge in [0.1, 0.15) is 6.61 Å². The van der Waals surface area contributed by atoms with E-state index in [2.05, 4.69) is 98.9 Å². The average Bonchev–Trinajstić information content (AvgIpc) is 3.21. The summed E-state index contributed by atoms with van der Waals surface area (Å²) in [6.45, 7) is 4.54. The molecule has 0 rings (SSSR count). The van der Waals surface area contributed by atoms with Crippen LogP contribution in [0.15, 0.2) is 85.1 Å². The molecule has 0 saturated carbocycles. The second-order valence-electron chi connectivity index (χ2n) is 16.6. The minimum absolute atomic E-state index is 0.0402. The number of hydrogen-bond donors (Lipinski definition) is 1. The lowest BCUT2D eigenvalue weighted by molar-refractivity contribution is -0.887. The first-order valence-corrected chi connectivity index (χ1v) is 23.6. The van der Waals surface area contributed by atoms with E-state index in [1.807, 2.05) is 21.1 Å². The highest BCUT2D eigenvalue weighted by Crippen LogP contribution is 2.13. The molecule has 0 radical (unpaired) electrons. The number of likely N-dealkylation sites (N-methyl/N-ethyl adjacent to an activating group) is 1. The van der Waals surface area contributed by atoms with Gasteiger partial charge in [0.25, 0.3) is 0 Å². The Morgan fingerprint density at radius 1 is 0.517 bits per heavy atom. The van der Waals surface area contributed by atoms with Crippen LogP contribution >= 0.6 is 0 Å². The first-order valence-electron chi connectivity index (χ1n) is 23.6. The molecule has 0 spiro atoms. The maximum absolute atomic E-state index is 12.8. The summed E-state index contributed by atoms with van der Waals surface area (Å²) in [6, 6.07) is -0.627. The van der Waals surface area contributed by atoms with E-state index in [0.29, 0.717) is 12.8 Å². The van der Waals surface area contributed by atoms with Gasteiger partial charge in [-0.05, 0) is 89.9 Å². The third-order valence-electron chi connectivity index (χ3n) is 10.0. The average molecular weight is 839 g/mol. The third-order valence-corrected chi connectivity index (χ3v) is 10.0. The number of aliphatic carboxylic acids is 1. The highest BCUT2D eigenvalue weighted by molar-refractivity contribution is 5.72. The van der Waals surface area contributed by atoms with Crippen molar-refractivity contribution in [3.63, 3.8) is 0 Å². The molecule has 2 atom stereocenters. The SMILES string of the molecule is CC/C=C\C/C=C\C/C=C\C/C=C\C/C=C\CCCCCC(=O)OC(COCCC(C(=O)O)[N+](C)(C)C)COC(=O)CCCCCCCCC/C=C\C/C=C\CCCCC. The highest BCUT2D eigenvalue weighted by atomic mass is 16.6. The maximum atomic E-state index is 12.8. The van der Waals surface area contributed by atoms with Crippen LogP contribution < -0.4 is 0 Å². The molecule has 0 heterocycles. The topological polar surface area (TPSA) is 99.1 Å². The smallest absolute Gasteiger partial charge is 0.362 e. The van der Waals surface area contributed by atoms with Gasteiger partial charge in [0, 0.05) is 19.3 Å². The van der Waals surface area contributed by atoms with Crippen molar-refractivity contribution < 1.29 is 38.2 Å². The van der Waals surface area contributed by atoms with E-state index < -0.39 is 18.1 Å². The Kier molecular flexibility index (Phi) is 39.8. The minimum atomic E-state index is -0.885. The molecule has 60 heavy (non-hydrogen) atoms. The number of carboxylic acids is 1. The van der Waals surface area contributed by atoms with Crippen LogP contribution in [0.3, 0.4) is 0 Å². The Morgan fingerprint density at radius 3 is 1.40 bits per heavy atom. The Morgan fingerprint density at radius 2 is 0.933 bits per heavy atom. The van der Waals surface area contributed by atoms with Crippen LogP contribution in [0.25, 0.3) is 0 Å². The predicted octanol–water partition coefficient (Wildman–Crippen LogP) is 13.3. The molecular formula is C52H88NO7+. The molecule has 0 aromatic rings. The number of carbonyl (C=O) groups is 3. The summed E-state index contributed by atoms with van der Waals surface area (Å²) < 4.78 is 17.3. The molecule has 0 fully saturated rings. The van der Waals surface area contributed by atoms with Crippen LogP contribution in [0, 0.1) is 0 Å². The van der Waals surface area contributed by atoms with Crippen molar-refractivity contribution in [3.8, 4) is 0 Å². The number of carbonyl (C=O) groups excluding carboxylic acids is 2. The van der Waals surface area contributed by atoms with Gasteiger partial charge in [0.2, 0.25) is 0 Å². The summed E-state index contributed by atoms with van der Waals surface area (Å²) in [5, 5.41) is 9.64. The van der Waals surface area contributed by atoms with E-state index in [9.17, 15) is 19.5 Å². The fraction of sp³-hybridized carbons (Fsp3) is 0.673. The summed E-state index contributed by atoms with van der Waals surface area (Å²) in [7, 11) is 5.51. The molecule has 0 aliphatic carbocycles. The predicted molar refractivity (Wildman–Crippen MR) is 252 cm³/mol. The molecule has 0 bridgehead atoms. The largest absolute Gasteiger partial charge is 0.477 e. The number of carboxylic acid groups (broad SMARTS) is 1. The van der Waals surface area contributed by atoms with E-state index in [1.165, 1.54) is 51.4 Å². The lowest BCUT2D eigenvalue weighted by Crippen LogP contribution is -2.50. The van der Waals surface area contributed by atoms with Gasteiger partial charge in [-0.15, -0.1) is 0 Å². The third kappa shape index (κ3) is 39.9. The van der Waals surface area contributed by atoms with Gasteiger partial charge in [-0.1, -0.05) is 150 Å². The number of esters is 2. The molecule has 342 valence electrons. The number of unbranched alkanes of at least 4 members (excludes halogenated alkanes) is 13. The molecule has 0 aromatic carbocycles. The first kappa shape index (κ1) is 56.5. The zero-order chi connectivity index (χ0) is 44.2. The molecule has 0 amide bonds. The zero-order valence-corrected chi connectivity index (χ0v) is 38.9. The van der Waals surface area contributed by atoms with Crippen LogP contribution in [0.5, 0.6) is 0 Å². The van der Waals surface area contributed by atoms with Gasteiger partial charge < -0.3 is 23.8 Å². The first-order chi connectivity index (χ1) is 29.1. The van der Waals surface area contributed by atoms with E-state index in [0.717, 1.165) is 89.9 Å². The second-order valence-corrected chi connectivity index (χ2v) is 16.6. The van der Waals surface area contributed by atoms with Crippen LogP contribution in [0.1, 0.15) is 174 Å². The molecule has 0 saturated heterocycles. The molecule has 0 aliphatic heterocycles. The van der Waals surface area contributed by atoms with Crippen molar-refractivity contribution in [3.05, 3.63) is 85.1 Å². The minimum Gasteiger partial charge on any atom is -0.477 e. The van der Waals surface area contributed by atoms with Gasteiger partial charge in [0.05, 0.1) is 34.4 Å². The van der Waals surface area contributed by atoms with Crippen LogP contribution in [-0.2, 0) is 28.6 Å². The van der Waals surface area contributed by atoms with Crippen molar-refractivity contribution in [1.29, 1.82) is 0 Å². The van der Waals surface area contributed by atoms with E-state index in [-0.39, 0.29) is 42.7 Å². The fourth-order valence-electron chi connectivity index (χ4n) is 6.38. The maximum Gasteiger partial charge on any atom is 0.362 e. The summed E-state index contributed by atoms with van der Waals surface area (Å²) in [4.78, 5) is 37.1. The normalized spacial score (nSPS) is 13.7. The fourth-order valence-corrected chi connectivity index (χ4v) is 6.38. The molecular weight excluding hydrogens is 751 g/mol. The number of allylic oxidation sites excluding steroid dienone is 14. The standard InChI is InChI=1S/C52H87NO7/c1-6-8-10-12-14-16-18-20-22-24-25-27-29-31-33-35-37-39-41-43-51(55)60-48(46-58-45-44-49(52(56)57)53(3,4)5)47-59-50(54)42-40-38-36-34-32-30-28-26-23-21-19-17-15-13-11-9-7-2/h8,10,14-17,20-23,25,27,31,33,48-49H,6-7,9,11-13,18-19,24,26,28-30,32,34-47H2,1-5H3/p+1/b10-8-,16-14-,17-15-,22-20-,23-21-,27-25-,33-31-. The van der Waals surface area contributed by atoms with E-state index >= 15 is 0 Å². The van der Waals surface area contributed by atoms with Gasteiger partial charge in [0.15, 0.2) is 12.1 Å². The lowest BCUT2D eigenvalue weighted by atomic mass is 10.1. The number of quaternary nitrogens is 1. The van der Waals surface area contributed by atoms with Crippen molar-refractivity contribution >= 4 is 17.9 Å². The van der Waals surface area contributed by atoms with Crippen molar-refractivity contribution in [2.75, 3.05) is 41.0 Å². The Bertz CT molecular complexity index is 1250. The van der Waals surface area contributed by atoms with E-state index in [4.69, 9.17) is 14.2 Å². The molecule has 8 nitrogen and oxygen atoms in total. The zero-order valence-electron chi connectivity index (χ0n) is 38.9. The Hall–Kier alpha value is -3.49. The van der Waals surface area contributed by atoms with Crippen molar-refractivity contribution in [1.82, 2.24) is 0 Å². The van der Waals surface area contributed by atoms with Crippen molar-refractivity contribution in [2.45, 2.75) is 187 Å². The molecule has 1 N–H and O–H groups in total. The Labute approximate surface area is 367 Å². The monoisotopic (exact) mass is 839 g/mol. The molecule has 8 heteroatoms. The number of ether oxygens (including phenoxy) is 3. The van der Waals surface area contributed by atoms with Crippen LogP contribution in [0.2, 0.25) is 0 Å². The van der Waals surface area contributed by atoms with E-state index in [1.54, 1.807) is 0 Å². The lowest BCUT2D eigenvalue weighted by Gasteiger charge is -2.31. The Balaban J connectivity index is 4.40. The van der Waals surface area contributed by atoms with Crippen LogP contribution in [0.4, 0.5) is 0 Å². The second kappa shape index (κ2) is 42.2. The van der Waals surface area contributed by atoms with Gasteiger partial charge in [-0.25, -0.2) is 4.79 Å². The number of rotatable bonds is 41. The molecule has 2 unspecified atom stereocenters. The highest BCUT2D eigenvalue weighted by Gasteiger charge is 2.31.